The maximum Gasteiger partial charge on any atom is 0.472 e. The summed E-state index contributed by atoms with van der Waals surface area (Å²) in [5.41, 5.74) is 0.877. The highest BCUT2D eigenvalue weighted by Crippen LogP contribution is 2.46. The minimum atomic E-state index is -4.49. The summed E-state index contributed by atoms with van der Waals surface area (Å²) in [4.78, 5) is 23.9. The predicted molar refractivity (Wildman–Crippen MR) is 231 cm³/mol. The first-order valence-corrected chi connectivity index (χ1v) is 22.6. The van der Waals surface area contributed by atoms with E-state index >= 15 is 0 Å². The van der Waals surface area contributed by atoms with E-state index < -0.39 is 32.1 Å². The number of nitrogens with zero attached hydrogens (tertiary/aromatic N) is 1. The summed E-state index contributed by atoms with van der Waals surface area (Å²) in [5.74, 6) is 0.0977. The second kappa shape index (κ2) is 26.2. The number of phosphoric acid groups is 1. The first-order chi connectivity index (χ1) is 27.4. The fourth-order valence-electron chi connectivity index (χ4n) is 6.59. The van der Waals surface area contributed by atoms with Crippen molar-refractivity contribution in [2.24, 2.45) is 0 Å². The van der Waals surface area contributed by atoms with E-state index in [-0.39, 0.29) is 19.6 Å². The van der Waals surface area contributed by atoms with Gasteiger partial charge in [-0.2, -0.15) is 0 Å². The lowest BCUT2D eigenvalue weighted by atomic mass is 9.79. The number of halogens is 1. The number of rotatable bonds is 30. The highest BCUT2D eigenvalue weighted by atomic mass is 35.5. The molecule has 1 N–H and O–H groups in total. The maximum absolute atomic E-state index is 13.3. The topological polar surface area (TPSA) is 101 Å². The molecular formula is C46H68ClNO8P+. The monoisotopic (exact) mass is 828 g/mol. The number of carbonyl (C=O) groups excluding carboxylic acids is 1. The summed E-state index contributed by atoms with van der Waals surface area (Å²) in [6.45, 7) is 2.12. The van der Waals surface area contributed by atoms with Gasteiger partial charge in [-0.05, 0) is 61.4 Å². The molecule has 3 aromatic carbocycles. The molecule has 9 nitrogen and oxygen atoms in total. The van der Waals surface area contributed by atoms with E-state index in [0.717, 1.165) is 43.2 Å². The fourth-order valence-corrected chi connectivity index (χ4v) is 7.50. The molecule has 0 aliphatic heterocycles. The molecule has 0 aromatic heterocycles. The van der Waals surface area contributed by atoms with Crippen molar-refractivity contribution in [1.82, 2.24) is 0 Å². The number of esters is 1. The number of quaternary nitrogens is 1. The van der Waals surface area contributed by atoms with Gasteiger partial charge in [-0.15, -0.1) is 0 Å². The molecule has 0 aliphatic rings. The van der Waals surface area contributed by atoms with Crippen LogP contribution in [0.15, 0.2) is 91.0 Å². The van der Waals surface area contributed by atoms with Crippen molar-refractivity contribution in [3.63, 3.8) is 0 Å². The Hall–Kier alpha value is -3.01. The summed E-state index contributed by atoms with van der Waals surface area (Å²) in [6, 6.07) is 24.6. The number of methoxy groups -OCH3 is 1. The molecule has 0 amide bonds. The molecule has 57 heavy (non-hydrogen) atoms. The molecule has 1 unspecified atom stereocenters. The van der Waals surface area contributed by atoms with Crippen LogP contribution in [0.1, 0.15) is 114 Å². The molecule has 0 heterocycles. The van der Waals surface area contributed by atoms with Gasteiger partial charge >= 0.3 is 13.8 Å². The van der Waals surface area contributed by atoms with E-state index in [9.17, 15) is 14.3 Å². The quantitative estimate of drug-likeness (QED) is 0.0177. The number of hydrogen-bond donors (Lipinski definition) is 1. The minimum absolute atomic E-state index is 0.00734. The van der Waals surface area contributed by atoms with Crippen LogP contribution in [-0.2, 0) is 33.5 Å². The van der Waals surface area contributed by atoms with Crippen molar-refractivity contribution in [3.8, 4) is 5.75 Å². The number of allylic oxidation sites excluding steroid dienone is 2. The van der Waals surface area contributed by atoms with E-state index in [1.54, 1.807) is 25.3 Å². The van der Waals surface area contributed by atoms with Crippen molar-refractivity contribution in [2.45, 2.75) is 109 Å². The Morgan fingerprint density at radius 2 is 1.35 bits per heavy atom. The lowest BCUT2D eigenvalue weighted by molar-refractivity contribution is -0.870. The zero-order valence-corrected chi connectivity index (χ0v) is 36.7. The lowest BCUT2D eigenvalue weighted by Gasteiger charge is -2.37. The lowest BCUT2D eigenvalue weighted by Crippen LogP contribution is -2.38. The normalized spacial score (nSPS) is 13.7. The van der Waals surface area contributed by atoms with E-state index in [2.05, 4.69) is 19.1 Å². The second-order valence-electron chi connectivity index (χ2n) is 15.6. The number of carbonyl (C=O) groups is 1. The standard InChI is InChI=1S/C46H67ClNO8P/c1-6-7-8-9-10-11-12-13-14-15-16-17-18-19-26-31-45(49)56-42(38-55-57(50,51)54-35-34-48(2,3)4)37-53-46(39-27-22-20-23-28-39,40-29-24-21-25-30-40)43-36-41(47)32-33-44(43)52-5/h13-14,20-25,27-30,32-33,36,42H,6-12,15-19,26,31,34-35,37-38H2,1-5H3/p+1/b14-13-/t42-/m1/s1. The van der Waals surface area contributed by atoms with Crippen molar-refractivity contribution in [1.29, 1.82) is 0 Å². The summed E-state index contributed by atoms with van der Waals surface area (Å²) in [7, 11) is 2.96. The predicted octanol–water partition coefficient (Wildman–Crippen LogP) is 11.4. The number of likely N-dealkylation sites (N-methyl/N-ethyl adjacent to an activating group) is 1. The molecule has 0 radical (unpaired) electrons. The highest BCUT2D eigenvalue weighted by Gasteiger charge is 2.41. The summed E-state index contributed by atoms with van der Waals surface area (Å²) < 4.78 is 43.0. The van der Waals surface area contributed by atoms with Crippen molar-refractivity contribution < 1.29 is 42.0 Å². The molecule has 11 heteroatoms. The van der Waals surface area contributed by atoms with Crippen molar-refractivity contribution in [2.75, 3.05) is 54.6 Å². The Labute approximate surface area is 347 Å². The van der Waals surface area contributed by atoms with Crippen LogP contribution in [0.4, 0.5) is 0 Å². The molecule has 0 saturated heterocycles. The summed E-state index contributed by atoms with van der Waals surface area (Å²) in [5, 5.41) is 0.476. The average molecular weight is 829 g/mol. The van der Waals surface area contributed by atoms with Crippen molar-refractivity contribution >= 4 is 25.4 Å². The van der Waals surface area contributed by atoms with Crippen LogP contribution in [-0.4, -0.2) is 76.1 Å². The molecule has 0 fully saturated rings. The first-order valence-electron chi connectivity index (χ1n) is 20.8. The number of hydrogen-bond acceptors (Lipinski definition) is 7. The summed E-state index contributed by atoms with van der Waals surface area (Å²) >= 11 is 6.61. The van der Waals surface area contributed by atoms with E-state index in [0.29, 0.717) is 33.8 Å². The van der Waals surface area contributed by atoms with Gasteiger partial charge < -0.3 is 23.6 Å². The Kier molecular flexibility index (Phi) is 22.2. The zero-order valence-electron chi connectivity index (χ0n) is 35.0. The third-order valence-corrected chi connectivity index (χ3v) is 11.0. The number of unbranched alkanes of at least 4 members (excludes halogenated alkanes) is 11. The van der Waals surface area contributed by atoms with Crippen LogP contribution >= 0.6 is 19.4 Å². The van der Waals surface area contributed by atoms with E-state index in [1.165, 1.54) is 44.9 Å². The molecular weight excluding hydrogens is 761 g/mol. The van der Waals surface area contributed by atoms with Gasteiger partial charge in [0.1, 0.15) is 30.6 Å². The first kappa shape index (κ1) is 48.4. The largest absolute Gasteiger partial charge is 0.496 e. The smallest absolute Gasteiger partial charge is 0.472 e. The van der Waals surface area contributed by atoms with Gasteiger partial charge in [-0.1, -0.05) is 143 Å². The molecule has 0 saturated carbocycles. The van der Waals surface area contributed by atoms with Gasteiger partial charge in [0.25, 0.3) is 0 Å². The Morgan fingerprint density at radius 3 is 1.91 bits per heavy atom. The third-order valence-electron chi connectivity index (χ3n) is 9.77. The molecule has 0 spiro atoms. The van der Waals surface area contributed by atoms with Crippen LogP contribution in [0.5, 0.6) is 5.75 Å². The summed E-state index contributed by atoms with van der Waals surface area (Å²) in [6.07, 6.45) is 18.8. The molecule has 2 atom stereocenters. The molecule has 3 rings (SSSR count). The van der Waals surface area contributed by atoms with Gasteiger partial charge in [-0.25, -0.2) is 4.57 Å². The van der Waals surface area contributed by atoms with Crippen LogP contribution in [0.3, 0.4) is 0 Å². The Balaban J connectivity index is 1.71. The van der Waals surface area contributed by atoms with Crippen molar-refractivity contribution in [3.05, 3.63) is 113 Å². The van der Waals surface area contributed by atoms with Gasteiger partial charge in [0, 0.05) is 17.0 Å². The number of ether oxygens (including phenoxy) is 3. The van der Waals surface area contributed by atoms with Crippen LogP contribution in [0.25, 0.3) is 0 Å². The number of phosphoric ester groups is 1. The Bertz CT molecular complexity index is 1590. The van der Waals surface area contributed by atoms with E-state index in [4.69, 9.17) is 34.9 Å². The Morgan fingerprint density at radius 1 is 0.789 bits per heavy atom. The van der Waals surface area contributed by atoms with Crippen LogP contribution < -0.4 is 4.74 Å². The maximum atomic E-state index is 13.3. The molecule has 0 bridgehead atoms. The minimum Gasteiger partial charge on any atom is -0.496 e. The van der Waals surface area contributed by atoms with Gasteiger partial charge in [0.05, 0.1) is 41.5 Å². The van der Waals surface area contributed by atoms with E-state index in [1.807, 2.05) is 81.8 Å². The van der Waals surface area contributed by atoms with Crippen LogP contribution in [0, 0.1) is 0 Å². The molecule has 3 aromatic rings. The van der Waals surface area contributed by atoms with Gasteiger partial charge in [-0.3, -0.25) is 13.8 Å². The number of benzene rings is 3. The second-order valence-corrected chi connectivity index (χ2v) is 17.5. The van der Waals surface area contributed by atoms with Crippen LogP contribution in [0.2, 0.25) is 5.02 Å². The molecule has 316 valence electrons. The van der Waals surface area contributed by atoms with Gasteiger partial charge in [0.2, 0.25) is 0 Å². The zero-order chi connectivity index (χ0) is 41.4. The SMILES string of the molecule is CCCCCCCC/C=C\CCCCCCCC(=O)O[C@H](COC(c1ccccc1)(c1ccccc1)c1cc(Cl)ccc1OC)COP(=O)(O)OCC[N+](C)(C)C. The van der Waals surface area contributed by atoms with Gasteiger partial charge in [0.15, 0.2) is 0 Å². The fraction of sp³-hybridized carbons (Fsp3) is 0.543. The third kappa shape index (κ3) is 18.2. The molecule has 0 aliphatic carbocycles. The average Bonchev–Trinajstić information content (AvgIpc) is 3.19. The highest BCUT2D eigenvalue weighted by molar-refractivity contribution is 7.47.